The molecule has 3 rings (SSSR count). The van der Waals surface area contributed by atoms with Crippen molar-refractivity contribution in [2.45, 2.75) is 37.5 Å². The molecule has 4 N–H and O–H groups in total. The van der Waals surface area contributed by atoms with Crippen LogP contribution in [0.5, 0.6) is 0 Å². The summed E-state index contributed by atoms with van der Waals surface area (Å²) in [4.78, 5) is 14.7. The molecule has 0 radical (unpaired) electrons. The van der Waals surface area contributed by atoms with Gasteiger partial charge in [-0.25, -0.2) is 4.79 Å². The smallest absolute Gasteiger partial charge is 0.416 e. The van der Waals surface area contributed by atoms with E-state index in [1.807, 2.05) is 0 Å². The van der Waals surface area contributed by atoms with Gasteiger partial charge in [0.15, 0.2) is 0 Å². The minimum absolute atomic E-state index is 0.0500. The Labute approximate surface area is 149 Å². The Hall–Kier alpha value is -2.16. The van der Waals surface area contributed by atoms with Gasteiger partial charge in [-0.3, -0.25) is 4.90 Å². The highest BCUT2D eigenvalue weighted by atomic mass is 19.4. The van der Waals surface area contributed by atoms with E-state index in [1.54, 1.807) is 0 Å². The van der Waals surface area contributed by atoms with E-state index in [2.05, 4.69) is 10.2 Å². The molecule has 2 aliphatic rings. The molecule has 0 saturated carbocycles. The highest BCUT2D eigenvalue weighted by Crippen LogP contribution is 2.34. The topological polar surface area (TPSA) is 81.8 Å². The Morgan fingerprint density at radius 1 is 1.19 bits per heavy atom. The van der Waals surface area contributed by atoms with Crippen LogP contribution >= 0.6 is 0 Å². The van der Waals surface area contributed by atoms with Gasteiger partial charge in [0.1, 0.15) is 0 Å². The van der Waals surface area contributed by atoms with Crippen LogP contribution in [-0.2, 0) is 6.18 Å². The van der Waals surface area contributed by atoms with E-state index in [9.17, 15) is 18.0 Å². The summed E-state index contributed by atoms with van der Waals surface area (Å²) < 4.78 is 38.6. The van der Waals surface area contributed by atoms with Crippen LogP contribution in [0.15, 0.2) is 18.2 Å². The maximum atomic E-state index is 12.9. The van der Waals surface area contributed by atoms with Crippen LogP contribution in [0, 0.1) is 0 Å². The number of nitrogens with one attached hydrogen (secondary N) is 1. The number of amides is 1. The molecule has 1 aromatic carbocycles. The summed E-state index contributed by atoms with van der Waals surface area (Å²) in [7, 11) is 0. The van der Waals surface area contributed by atoms with Crippen molar-refractivity contribution in [2.75, 3.05) is 37.2 Å². The third-order valence-corrected chi connectivity index (χ3v) is 5.22. The summed E-state index contributed by atoms with van der Waals surface area (Å²) in [6.45, 7) is 2.65. The second kappa shape index (κ2) is 7.22. The monoisotopic (exact) mass is 372 g/mol. The number of alkyl halides is 3. The van der Waals surface area contributed by atoms with Gasteiger partial charge in [-0.1, -0.05) is 0 Å². The van der Waals surface area contributed by atoms with Crippen molar-refractivity contribution in [3.8, 4) is 0 Å². The lowest BCUT2D eigenvalue weighted by Crippen LogP contribution is -2.46. The number of rotatable bonds is 3. The quantitative estimate of drug-likeness (QED) is 0.711. The molecule has 1 atom stereocenters. The Bertz CT molecular complexity index is 660. The van der Waals surface area contributed by atoms with Gasteiger partial charge >= 0.3 is 12.3 Å². The summed E-state index contributed by atoms with van der Waals surface area (Å²) >= 11 is 0. The van der Waals surface area contributed by atoms with E-state index in [4.69, 9.17) is 10.8 Å². The zero-order valence-electron chi connectivity index (χ0n) is 14.3. The number of likely N-dealkylation sites (tertiary alicyclic amines) is 2. The molecule has 0 bridgehead atoms. The summed E-state index contributed by atoms with van der Waals surface area (Å²) in [6.07, 6.45) is -2.90. The van der Waals surface area contributed by atoms with Crippen molar-refractivity contribution in [3.05, 3.63) is 23.8 Å². The molecule has 0 aromatic heterocycles. The fraction of sp³-hybridized carbons (Fsp3) is 0.588. The van der Waals surface area contributed by atoms with Crippen LogP contribution in [0.1, 0.15) is 24.8 Å². The lowest BCUT2D eigenvalue weighted by atomic mass is 10.0. The normalized spacial score (nSPS) is 22.6. The summed E-state index contributed by atoms with van der Waals surface area (Å²) in [5, 5.41) is 12.2. The van der Waals surface area contributed by atoms with Crippen LogP contribution in [0.2, 0.25) is 0 Å². The predicted octanol–water partition coefficient (Wildman–Crippen LogP) is 2.92. The maximum Gasteiger partial charge on any atom is 0.416 e. The van der Waals surface area contributed by atoms with E-state index in [0.717, 1.165) is 44.5 Å². The highest BCUT2D eigenvalue weighted by molar-refractivity contribution is 5.67. The van der Waals surface area contributed by atoms with E-state index >= 15 is 0 Å². The summed E-state index contributed by atoms with van der Waals surface area (Å²) in [5.41, 5.74) is 5.72. The lowest BCUT2D eigenvalue weighted by Gasteiger charge is -2.36. The lowest BCUT2D eigenvalue weighted by molar-refractivity contribution is -0.137. The van der Waals surface area contributed by atoms with E-state index in [-0.39, 0.29) is 12.1 Å². The van der Waals surface area contributed by atoms with Gasteiger partial charge in [-0.15, -0.1) is 0 Å². The number of carboxylic acid groups (broad SMARTS) is 1. The third-order valence-electron chi connectivity index (χ3n) is 5.22. The summed E-state index contributed by atoms with van der Waals surface area (Å²) in [5.74, 6) is 0. The molecule has 144 valence electrons. The van der Waals surface area contributed by atoms with Gasteiger partial charge in [-0.05, 0) is 37.5 Å². The number of carbonyl (C=O) groups is 1. The highest BCUT2D eigenvalue weighted by Gasteiger charge is 2.33. The average Bonchev–Trinajstić information content (AvgIpc) is 3.07. The molecule has 26 heavy (non-hydrogen) atoms. The Kier molecular flexibility index (Phi) is 5.17. The van der Waals surface area contributed by atoms with E-state index in [0.29, 0.717) is 24.5 Å². The third kappa shape index (κ3) is 4.14. The Morgan fingerprint density at radius 3 is 2.46 bits per heavy atom. The second-order valence-corrected chi connectivity index (χ2v) is 6.93. The van der Waals surface area contributed by atoms with E-state index in [1.165, 1.54) is 11.0 Å². The standard InChI is InChI=1S/C17H23F3N4O2/c18-17(19,20)11-1-2-14(21)15(9-11)22-12-3-6-23(7-4-12)13-5-8-24(10-13)16(25)26/h1-2,9,12-13,22H,3-8,10,21H2,(H,25,26)/t13-/m0/s1. The number of hydrogen-bond acceptors (Lipinski definition) is 4. The zero-order chi connectivity index (χ0) is 18.9. The van der Waals surface area contributed by atoms with Gasteiger partial charge in [0, 0.05) is 38.3 Å². The number of hydrogen-bond donors (Lipinski definition) is 3. The molecule has 0 aliphatic carbocycles. The van der Waals surface area contributed by atoms with Crippen LogP contribution < -0.4 is 11.1 Å². The number of piperidine rings is 1. The van der Waals surface area contributed by atoms with Gasteiger partial charge in [0.2, 0.25) is 0 Å². The number of halogens is 3. The minimum Gasteiger partial charge on any atom is -0.465 e. The van der Waals surface area contributed by atoms with Gasteiger partial charge in [-0.2, -0.15) is 13.2 Å². The molecule has 0 unspecified atom stereocenters. The first kappa shape index (κ1) is 18.6. The minimum atomic E-state index is -4.40. The first-order valence-corrected chi connectivity index (χ1v) is 8.69. The van der Waals surface area contributed by atoms with Gasteiger partial charge in [0.05, 0.1) is 16.9 Å². The van der Waals surface area contributed by atoms with Crippen LogP contribution in [0.3, 0.4) is 0 Å². The Morgan fingerprint density at radius 2 is 1.88 bits per heavy atom. The van der Waals surface area contributed by atoms with E-state index < -0.39 is 17.8 Å². The van der Waals surface area contributed by atoms with Crippen LogP contribution in [0.4, 0.5) is 29.3 Å². The van der Waals surface area contributed by atoms with Crippen LogP contribution in [0.25, 0.3) is 0 Å². The SMILES string of the molecule is Nc1ccc(C(F)(F)F)cc1NC1CCN([C@H]2CCN(C(=O)O)C2)CC1. The predicted molar refractivity (Wildman–Crippen MR) is 92.1 cm³/mol. The molecular formula is C17H23F3N4O2. The maximum absolute atomic E-state index is 12.9. The number of nitrogen functional groups attached to an aromatic ring is 1. The van der Waals surface area contributed by atoms with Gasteiger partial charge < -0.3 is 21.1 Å². The molecule has 2 heterocycles. The summed E-state index contributed by atoms with van der Waals surface area (Å²) in [6, 6.07) is 3.60. The van der Waals surface area contributed by atoms with Crippen LogP contribution in [-0.4, -0.2) is 59.3 Å². The largest absolute Gasteiger partial charge is 0.465 e. The van der Waals surface area contributed by atoms with Crippen molar-refractivity contribution >= 4 is 17.5 Å². The van der Waals surface area contributed by atoms with Crippen molar-refractivity contribution in [3.63, 3.8) is 0 Å². The second-order valence-electron chi connectivity index (χ2n) is 6.93. The fourth-order valence-corrected chi connectivity index (χ4v) is 3.70. The molecule has 9 heteroatoms. The number of nitrogens with zero attached hydrogens (tertiary/aromatic N) is 2. The van der Waals surface area contributed by atoms with Crippen molar-refractivity contribution in [1.29, 1.82) is 0 Å². The fourth-order valence-electron chi connectivity index (χ4n) is 3.70. The first-order valence-electron chi connectivity index (χ1n) is 8.69. The Balaban J connectivity index is 1.55. The zero-order valence-corrected chi connectivity index (χ0v) is 14.3. The average molecular weight is 372 g/mol. The van der Waals surface area contributed by atoms with Crippen molar-refractivity contribution < 1.29 is 23.1 Å². The van der Waals surface area contributed by atoms with Gasteiger partial charge in [0.25, 0.3) is 0 Å². The molecule has 1 amide bonds. The molecule has 2 fully saturated rings. The first-order chi connectivity index (χ1) is 12.2. The number of benzene rings is 1. The number of anilines is 2. The molecular weight excluding hydrogens is 349 g/mol. The molecule has 6 nitrogen and oxygen atoms in total. The molecule has 2 aliphatic heterocycles. The molecule has 2 saturated heterocycles. The van der Waals surface area contributed by atoms with Crippen molar-refractivity contribution in [1.82, 2.24) is 9.80 Å². The molecule has 0 spiro atoms. The number of nitrogens with two attached hydrogens (primary N) is 1. The van der Waals surface area contributed by atoms with Crippen molar-refractivity contribution in [2.24, 2.45) is 0 Å². The molecule has 1 aromatic rings.